The molecule has 0 atom stereocenters. The van der Waals surface area contributed by atoms with Crippen LogP contribution in [-0.4, -0.2) is 58.6 Å². The molecule has 0 unspecified atom stereocenters. The molecule has 2 rings (SSSR count). The first-order valence-corrected chi connectivity index (χ1v) is 7.51. The second kappa shape index (κ2) is 6.74. The second-order valence-electron chi connectivity index (χ2n) is 5.35. The molecule has 1 aromatic rings. The van der Waals surface area contributed by atoms with E-state index in [0.29, 0.717) is 11.4 Å². The lowest BCUT2D eigenvalue weighted by atomic mass is 10.2. The van der Waals surface area contributed by atoms with Gasteiger partial charge >= 0.3 is 0 Å². The van der Waals surface area contributed by atoms with E-state index in [0.717, 1.165) is 57.7 Å². The molecule has 0 saturated carbocycles. The van der Waals surface area contributed by atoms with E-state index < -0.39 is 0 Å². The van der Waals surface area contributed by atoms with Gasteiger partial charge in [0.1, 0.15) is 0 Å². The zero-order valence-electron chi connectivity index (χ0n) is 12.5. The number of aromatic amines is 1. The number of nitrogens with zero attached hydrogens (tertiary/aromatic N) is 3. The third-order valence-electron chi connectivity index (χ3n) is 3.78. The highest BCUT2D eigenvalue weighted by Gasteiger charge is 2.25. The van der Waals surface area contributed by atoms with Crippen molar-refractivity contribution in [3.8, 4) is 0 Å². The summed E-state index contributed by atoms with van der Waals surface area (Å²) in [5.74, 6) is -0.0442. The molecule has 1 aromatic heterocycles. The van der Waals surface area contributed by atoms with Crippen LogP contribution in [0.1, 0.15) is 42.9 Å². The summed E-state index contributed by atoms with van der Waals surface area (Å²) in [5.41, 5.74) is 7.80. The molecule has 0 radical (unpaired) electrons. The molecule has 0 aromatic carbocycles. The van der Waals surface area contributed by atoms with Crippen LogP contribution in [0.25, 0.3) is 0 Å². The molecule has 1 aliphatic rings. The van der Waals surface area contributed by atoms with Gasteiger partial charge in [-0.3, -0.25) is 14.8 Å². The molecule has 3 N–H and O–H groups in total. The fourth-order valence-corrected chi connectivity index (χ4v) is 2.63. The Hall–Kier alpha value is -1.56. The number of piperazine rings is 1. The van der Waals surface area contributed by atoms with Gasteiger partial charge in [0, 0.05) is 26.2 Å². The summed E-state index contributed by atoms with van der Waals surface area (Å²) in [7, 11) is 0. The van der Waals surface area contributed by atoms with Crippen LogP contribution in [0.2, 0.25) is 0 Å². The lowest BCUT2D eigenvalue weighted by molar-refractivity contribution is 0.0632. The topological polar surface area (TPSA) is 78.2 Å². The highest BCUT2D eigenvalue weighted by molar-refractivity contribution is 5.97. The fraction of sp³-hybridized carbons (Fsp3) is 0.714. The minimum absolute atomic E-state index is 0.0442. The summed E-state index contributed by atoms with van der Waals surface area (Å²) in [4.78, 5) is 16.7. The number of anilines is 1. The minimum atomic E-state index is -0.0442. The van der Waals surface area contributed by atoms with Gasteiger partial charge in [-0.15, -0.1) is 0 Å². The number of hydrogen-bond acceptors (Lipinski definition) is 4. The fourth-order valence-electron chi connectivity index (χ4n) is 2.63. The number of nitrogens with two attached hydrogens (primary N) is 1. The van der Waals surface area contributed by atoms with Crippen molar-refractivity contribution >= 4 is 11.6 Å². The van der Waals surface area contributed by atoms with Gasteiger partial charge in [0.05, 0.1) is 11.4 Å². The Bertz CT molecular complexity index is 448. The predicted molar refractivity (Wildman–Crippen MR) is 79.6 cm³/mol. The molecule has 1 aliphatic heterocycles. The van der Waals surface area contributed by atoms with Crippen LogP contribution in [0.5, 0.6) is 0 Å². The molecule has 6 nitrogen and oxygen atoms in total. The molecule has 112 valence electrons. The summed E-state index contributed by atoms with van der Waals surface area (Å²) >= 11 is 0. The van der Waals surface area contributed by atoms with Crippen molar-refractivity contribution in [1.29, 1.82) is 0 Å². The van der Waals surface area contributed by atoms with Gasteiger partial charge in [-0.25, -0.2) is 0 Å². The second-order valence-corrected chi connectivity index (χ2v) is 5.35. The number of carbonyl (C=O) groups is 1. The Labute approximate surface area is 120 Å². The summed E-state index contributed by atoms with van der Waals surface area (Å²) < 4.78 is 0. The van der Waals surface area contributed by atoms with Crippen molar-refractivity contribution in [2.24, 2.45) is 0 Å². The van der Waals surface area contributed by atoms with Crippen molar-refractivity contribution in [1.82, 2.24) is 20.0 Å². The largest absolute Gasteiger partial charge is 0.395 e. The zero-order chi connectivity index (χ0) is 14.5. The van der Waals surface area contributed by atoms with Crippen molar-refractivity contribution in [3.63, 3.8) is 0 Å². The van der Waals surface area contributed by atoms with E-state index in [9.17, 15) is 4.79 Å². The van der Waals surface area contributed by atoms with Gasteiger partial charge in [-0.2, -0.15) is 5.10 Å². The van der Waals surface area contributed by atoms with Crippen LogP contribution in [0, 0.1) is 0 Å². The Morgan fingerprint density at radius 3 is 2.55 bits per heavy atom. The standard InChI is InChI=1S/C14H25N5O/c1-3-5-11-12(15)13(17-16-11)14(20)19-9-7-18(6-4-2)8-10-19/h3-10,15H2,1-2H3,(H,16,17). The maximum absolute atomic E-state index is 12.4. The third kappa shape index (κ3) is 3.12. The normalized spacial score (nSPS) is 16.6. The van der Waals surface area contributed by atoms with Crippen molar-refractivity contribution in [2.75, 3.05) is 38.5 Å². The maximum atomic E-state index is 12.4. The van der Waals surface area contributed by atoms with Crippen molar-refractivity contribution in [2.45, 2.75) is 33.1 Å². The number of aryl methyl sites for hydroxylation is 1. The molecule has 2 heterocycles. The number of hydrogen-bond donors (Lipinski definition) is 2. The van der Waals surface area contributed by atoms with Crippen molar-refractivity contribution < 1.29 is 4.79 Å². The van der Waals surface area contributed by atoms with Gasteiger partial charge < -0.3 is 10.6 Å². The lowest BCUT2D eigenvalue weighted by Crippen LogP contribution is -2.49. The van der Waals surface area contributed by atoms with E-state index in [1.54, 1.807) is 0 Å². The van der Waals surface area contributed by atoms with Crippen LogP contribution >= 0.6 is 0 Å². The van der Waals surface area contributed by atoms with Crippen LogP contribution in [0.4, 0.5) is 5.69 Å². The summed E-state index contributed by atoms with van der Waals surface area (Å²) in [6, 6.07) is 0. The Morgan fingerprint density at radius 1 is 1.25 bits per heavy atom. The lowest BCUT2D eigenvalue weighted by Gasteiger charge is -2.34. The first kappa shape index (κ1) is 14.8. The molecule has 1 saturated heterocycles. The maximum Gasteiger partial charge on any atom is 0.276 e. The highest BCUT2D eigenvalue weighted by atomic mass is 16.2. The van der Waals surface area contributed by atoms with E-state index in [4.69, 9.17) is 5.73 Å². The Kier molecular flexibility index (Phi) is 5.00. The number of nitrogen functional groups attached to an aromatic ring is 1. The minimum Gasteiger partial charge on any atom is -0.395 e. The summed E-state index contributed by atoms with van der Waals surface area (Å²) in [6.07, 6.45) is 2.97. The molecule has 0 aliphatic carbocycles. The number of H-pyrrole nitrogens is 1. The zero-order valence-corrected chi connectivity index (χ0v) is 12.5. The van der Waals surface area contributed by atoms with E-state index in [-0.39, 0.29) is 5.91 Å². The monoisotopic (exact) mass is 279 g/mol. The third-order valence-corrected chi connectivity index (χ3v) is 3.78. The van der Waals surface area contributed by atoms with Crippen LogP contribution < -0.4 is 5.73 Å². The quantitative estimate of drug-likeness (QED) is 0.846. The smallest absolute Gasteiger partial charge is 0.276 e. The van der Waals surface area contributed by atoms with E-state index in [1.807, 2.05) is 4.90 Å². The van der Waals surface area contributed by atoms with Gasteiger partial charge in [0.25, 0.3) is 5.91 Å². The first-order valence-electron chi connectivity index (χ1n) is 7.51. The Morgan fingerprint density at radius 2 is 1.95 bits per heavy atom. The number of nitrogens with one attached hydrogen (secondary N) is 1. The average Bonchev–Trinajstić information content (AvgIpc) is 2.81. The van der Waals surface area contributed by atoms with Gasteiger partial charge in [0.15, 0.2) is 5.69 Å². The molecule has 0 spiro atoms. The summed E-state index contributed by atoms with van der Waals surface area (Å²) in [6.45, 7) is 8.75. The van der Waals surface area contributed by atoms with Crippen LogP contribution in [-0.2, 0) is 6.42 Å². The Balaban J connectivity index is 1.98. The van der Waals surface area contributed by atoms with Gasteiger partial charge in [0.2, 0.25) is 0 Å². The number of carbonyl (C=O) groups excluding carboxylic acids is 1. The average molecular weight is 279 g/mol. The number of aromatic nitrogens is 2. The molecule has 1 amide bonds. The molecule has 1 fully saturated rings. The van der Waals surface area contributed by atoms with Gasteiger partial charge in [-0.1, -0.05) is 20.3 Å². The molecular weight excluding hydrogens is 254 g/mol. The molecule has 6 heteroatoms. The molecule has 0 bridgehead atoms. The van der Waals surface area contributed by atoms with Crippen LogP contribution in [0.3, 0.4) is 0 Å². The number of rotatable bonds is 5. The molecule has 20 heavy (non-hydrogen) atoms. The van der Waals surface area contributed by atoms with Gasteiger partial charge in [-0.05, 0) is 19.4 Å². The molecular formula is C14H25N5O. The summed E-state index contributed by atoms with van der Waals surface area (Å²) in [5, 5.41) is 7.00. The van der Waals surface area contributed by atoms with E-state index in [2.05, 4.69) is 28.9 Å². The predicted octanol–water partition coefficient (Wildman–Crippen LogP) is 1.11. The number of amides is 1. The highest BCUT2D eigenvalue weighted by Crippen LogP contribution is 2.18. The van der Waals surface area contributed by atoms with E-state index >= 15 is 0 Å². The SMILES string of the molecule is CCCc1[nH]nc(C(=O)N2CCN(CCC)CC2)c1N. The van der Waals surface area contributed by atoms with Crippen molar-refractivity contribution in [3.05, 3.63) is 11.4 Å². The first-order chi connectivity index (χ1) is 9.67. The van der Waals surface area contributed by atoms with Crippen LogP contribution in [0.15, 0.2) is 0 Å². The van der Waals surface area contributed by atoms with E-state index in [1.165, 1.54) is 0 Å².